The van der Waals surface area contributed by atoms with Crippen molar-refractivity contribution in [3.63, 3.8) is 0 Å². The van der Waals surface area contributed by atoms with E-state index in [2.05, 4.69) is 66.4 Å². The van der Waals surface area contributed by atoms with E-state index < -0.39 is 0 Å². The molecule has 0 unspecified atom stereocenters. The number of rotatable bonds is 3. The van der Waals surface area contributed by atoms with Crippen LogP contribution in [0.25, 0.3) is 5.57 Å². The number of benzene rings is 3. The van der Waals surface area contributed by atoms with Crippen molar-refractivity contribution in [1.82, 2.24) is 4.90 Å². The van der Waals surface area contributed by atoms with Gasteiger partial charge in [-0.1, -0.05) is 17.7 Å². The summed E-state index contributed by atoms with van der Waals surface area (Å²) >= 11 is 0. The molecular formula is C27H30Cl2NO2Ti-3. The van der Waals surface area contributed by atoms with Gasteiger partial charge in [0.25, 0.3) is 0 Å². The van der Waals surface area contributed by atoms with E-state index in [1.54, 1.807) is 0 Å². The first-order valence-corrected chi connectivity index (χ1v) is 9.69. The molecule has 0 bridgehead atoms. The van der Waals surface area contributed by atoms with Gasteiger partial charge in [0.05, 0.1) is 7.11 Å². The first-order chi connectivity index (χ1) is 14.7. The summed E-state index contributed by atoms with van der Waals surface area (Å²) in [6, 6.07) is 36.5. The summed E-state index contributed by atoms with van der Waals surface area (Å²) in [7, 11) is 5.39. The van der Waals surface area contributed by atoms with Gasteiger partial charge in [-0.3, -0.25) is 5.26 Å². The molecule has 176 valence electrons. The number of nitrogens with zero attached hydrogens (tertiary/aromatic N) is 1. The van der Waals surface area contributed by atoms with Crippen molar-refractivity contribution in [2.75, 3.05) is 27.7 Å². The summed E-state index contributed by atoms with van der Waals surface area (Å²) in [5.41, 5.74) is 4.08. The molecule has 0 aliphatic heterocycles. The Labute approximate surface area is 226 Å². The van der Waals surface area contributed by atoms with E-state index in [9.17, 15) is 0 Å². The topological polar surface area (TPSA) is 32.7 Å². The van der Waals surface area contributed by atoms with Gasteiger partial charge in [0.15, 0.2) is 0 Å². The van der Waals surface area contributed by atoms with E-state index in [1.165, 1.54) is 23.8 Å². The van der Waals surface area contributed by atoms with E-state index in [0.717, 1.165) is 13.0 Å². The van der Waals surface area contributed by atoms with Gasteiger partial charge in [-0.05, 0) is 20.5 Å². The Hall–Kier alpha value is -1.69. The summed E-state index contributed by atoms with van der Waals surface area (Å²) in [5.74, 6) is 0. The maximum absolute atomic E-state index is 7.07. The molecule has 1 N–H and O–H groups in total. The first-order valence-electron chi connectivity index (χ1n) is 9.69. The maximum Gasteiger partial charge on any atom is 2.00 e. The van der Waals surface area contributed by atoms with Gasteiger partial charge in [0.2, 0.25) is 0 Å². The zero-order valence-electron chi connectivity index (χ0n) is 19.2. The summed E-state index contributed by atoms with van der Waals surface area (Å²) in [6.07, 6.45) is 5.51. The summed E-state index contributed by atoms with van der Waals surface area (Å²) in [6.45, 7) is 1.01. The SMILES string of the molecule is CN(C)CC1=C(c2[c-]cccc2)CC=C1.COO.[Cl-].[Cl-].[Ti+2].[c-]1ccccc1.[c-]1ccccc1. The molecule has 1 aliphatic carbocycles. The number of hydrogen-bond donors (Lipinski definition) is 1. The van der Waals surface area contributed by atoms with Crippen molar-refractivity contribution in [2.45, 2.75) is 6.42 Å². The van der Waals surface area contributed by atoms with Crippen molar-refractivity contribution in [1.29, 1.82) is 0 Å². The minimum absolute atomic E-state index is 0. The van der Waals surface area contributed by atoms with Gasteiger partial charge in [-0.15, -0.1) is 41.5 Å². The third-order valence-corrected chi connectivity index (χ3v) is 3.76. The average molecular weight is 519 g/mol. The quantitative estimate of drug-likeness (QED) is 0.226. The molecule has 3 nitrogen and oxygen atoms in total. The van der Waals surface area contributed by atoms with Gasteiger partial charge < -0.3 is 29.7 Å². The average Bonchev–Trinajstić information content (AvgIpc) is 3.26. The monoisotopic (exact) mass is 518 g/mol. The van der Waals surface area contributed by atoms with Gasteiger partial charge >= 0.3 is 21.7 Å². The van der Waals surface area contributed by atoms with Crippen LogP contribution in [0.3, 0.4) is 0 Å². The molecule has 0 heterocycles. The Bertz CT molecular complexity index is 746. The van der Waals surface area contributed by atoms with E-state index in [0.29, 0.717) is 0 Å². The second-order valence-electron chi connectivity index (χ2n) is 6.46. The van der Waals surface area contributed by atoms with Crippen LogP contribution < -0.4 is 24.8 Å². The van der Waals surface area contributed by atoms with Crippen LogP contribution >= 0.6 is 0 Å². The molecule has 1 aliphatic rings. The van der Waals surface area contributed by atoms with Crippen LogP contribution in [0.15, 0.2) is 103 Å². The smallest absolute Gasteiger partial charge is 1.00 e. The molecule has 6 heteroatoms. The van der Waals surface area contributed by atoms with Crippen molar-refractivity contribution < 1.29 is 56.7 Å². The molecule has 0 amide bonds. The van der Waals surface area contributed by atoms with Gasteiger partial charge in [-0.25, -0.2) is 4.89 Å². The van der Waals surface area contributed by atoms with E-state index in [1.807, 2.05) is 72.8 Å². The molecule has 0 saturated heterocycles. The number of likely N-dealkylation sites (N-methyl/N-ethyl adjacent to an activating group) is 1. The van der Waals surface area contributed by atoms with Crippen LogP contribution in [0.2, 0.25) is 0 Å². The van der Waals surface area contributed by atoms with Crippen molar-refractivity contribution in [3.05, 3.63) is 126 Å². The second kappa shape index (κ2) is 24.9. The predicted molar refractivity (Wildman–Crippen MR) is 125 cm³/mol. The zero-order chi connectivity index (χ0) is 21.9. The second-order valence-corrected chi connectivity index (χ2v) is 6.46. The fourth-order valence-electron chi connectivity index (χ4n) is 2.59. The predicted octanol–water partition coefficient (Wildman–Crippen LogP) is -0.153. The van der Waals surface area contributed by atoms with Gasteiger partial charge in [0.1, 0.15) is 0 Å². The largest absolute Gasteiger partial charge is 2.00 e. The Morgan fingerprint density at radius 1 is 0.848 bits per heavy atom. The fourth-order valence-corrected chi connectivity index (χ4v) is 2.59. The van der Waals surface area contributed by atoms with Crippen LogP contribution in [-0.4, -0.2) is 37.9 Å². The molecule has 4 rings (SSSR count). The standard InChI is InChI=1S/C14H16N.2C6H5.CH4O2.2ClH.Ti/c1-15(2)11-13-9-6-10-14(13)12-7-4-3-5-8-12;2*1-2-4-6-5-3-1;1-3-2;;;/h3-7,9H,10-11H2,1-2H3;2*1-5H;2H,1H3;2*1H;/q3*-1;;;;+2/p-2. The van der Waals surface area contributed by atoms with Crippen LogP contribution in [0.5, 0.6) is 0 Å². The minimum Gasteiger partial charge on any atom is -1.00 e. The summed E-state index contributed by atoms with van der Waals surface area (Å²) in [4.78, 5) is 5.45. The molecule has 0 spiro atoms. The Morgan fingerprint density at radius 2 is 1.33 bits per heavy atom. The van der Waals surface area contributed by atoms with Crippen molar-refractivity contribution in [2.24, 2.45) is 0 Å². The van der Waals surface area contributed by atoms with Crippen LogP contribution in [-0.2, 0) is 26.6 Å². The summed E-state index contributed by atoms with van der Waals surface area (Å²) < 4.78 is 0. The van der Waals surface area contributed by atoms with E-state index in [-0.39, 0.29) is 46.5 Å². The first kappa shape index (κ1) is 35.9. The molecular weight excluding hydrogens is 489 g/mol. The molecule has 0 fully saturated rings. The van der Waals surface area contributed by atoms with E-state index >= 15 is 0 Å². The molecule has 3 aromatic carbocycles. The van der Waals surface area contributed by atoms with Crippen molar-refractivity contribution >= 4 is 5.57 Å². The molecule has 3 aromatic rings. The number of allylic oxidation sites excluding steroid dienone is 2. The fraction of sp³-hybridized carbons (Fsp3) is 0.185. The third kappa shape index (κ3) is 18.4. The molecule has 0 atom stereocenters. The van der Waals surface area contributed by atoms with Crippen LogP contribution in [0.4, 0.5) is 0 Å². The molecule has 33 heavy (non-hydrogen) atoms. The van der Waals surface area contributed by atoms with Gasteiger partial charge in [0, 0.05) is 6.54 Å². The zero-order valence-corrected chi connectivity index (χ0v) is 22.3. The van der Waals surface area contributed by atoms with Crippen LogP contribution in [0.1, 0.15) is 12.0 Å². The minimum atomic E-state index is 0. The molecule has 0 aromatic heterocycles. The van der Waals surface area contributed by atoms with E-state index in [4.69, 9.17) is 5.26 Å². The van der Waals surface area contributed by atoms with Crippen LogP contribution in [0, 0.1) is 18.2 Å². The van der Waals surface area contributed by atoms with Gasteiger partial charge in [-0.2, -0.15) is 72.8 Å². The third-order valence-electron chi connectivity index (χ3n) is 3.76. The Balaban J connectivity index is -0.000000420. The number of hydrogen-bond acceptors (Lipinski definition) is 3. The molecule has 0 radical (unpaired) electrons. The normalized spacial score (nSPS) is 10.5. The van der Waals surface area contributed by atoms with Crippen molar-refractivity contribution in [3.8, 4) is 0 Å². The molecule has 0 saturated carbocycles. The number of halogens is 2. The maximum atomic E-state index is 7.07. The Kier molecular flexibility index (Phi) is 27.1. The summed E-state index contributed by atoms with van der Waals surface area (Å²) in [5, 5.41) is 7.07. The Morgan fingerprint density at radius 3 is 1.67 bits per heavy atom.